The third-order valence-corrected chi connectivity index (χ3v) is 5.36. The van der Waals surface area contributed by atoms with E-state index in [1.165, 1.54) is 4.68 Å². The summed E-state index contributed by atoms with van der Waals surface area (Å²) in [7, 11) is 0. The van der Waals surface area contributed by atoms with Gasteiger partial charge in [-0.1, -0.05) is 30.3 Å². The predicted molar refractivity (Wildman–Crippen MR) is 119 cm³/mol. The highest BCUT2D eigenvalue weighted by molar-refractivity contribution is 6.06. The molecule has 0 spiro atoms. The van der Waals surface area contributed by atoms with Crippen LogP contribution < -0.4 is 15.9 Å². The van der Waals surface area contributed by atoms with Crippen LogP contribution in [0.3, 0.4) is 0 Å². The molecular weight excluding hydrogens is 394 g/mol. The average Bonchev–Trinajstić information content (AvgIpc) is 3.23. The largest absolute Gasteiger partial charge is 0.312 e. The number of hydrogen-bond donors (Lipinski definition) is 1. The van der Waals surface area contributed by atoms with E-state index in [-0.39, 0.29) is 17.2 Å². The number of anilines is 1. The molecule has 8 nitrogen and oxygen atoms in total. The zero-order chi connectivity index (χ0) is 22.0. The molecule has 158 valence electrons. The van der Waals surface area contributed by atoms with Crippen LogP contribution in [0.2, 0.25) is 0 Å². The molecule has 8 heteroatoms. The van der Waals surface area contributed by atoms with Gasteiger partial charge in [-0.25, -0.2) is 10.1 Å². The summed E-state index contributed by atoms with van der Waals surface area (Å²) in [5, 5.41) is 9.37. The van der Waals surface area contributed by atoms with Crippen LogP contribution in [0.1, 0.15) is 42.7 Å². The van der Waals surface area contributed by atoms with E-state index in [0.29, 0.717) is 36.0 Å². The molecule has 1 aliphatic rings. The third-order valence-electron chi connectivity index (χ3n) is 5.36. The second kappa shape index (κ2) is 8.51. The Balaban J connectivity index is 1.61. The van der Waals surface area contributed by atoms with Crippen LogP contribution in [0.5, 0.6) is 0 Å². The van der Waals surface area contributed by atoms with Gasteiger partial charge in [0.05, 0.1) is 11.1 Å². The van der Waals surface area contributed by atoms with E-state index in [9.17, 15) is 14.4 Å². The maximum Gasteiger partial charge on any atom is 0.292 e. The van der Waals surface area contributed by atoms with E-state index in [1.807, 2.05) is 24.3 Å². The Bertz CT molecular complexity index is 1260. The van der Waals surface area contributed by atoms with Crippen molar-refractivity contribution in [3.63, 3.8) is 0 Å². The van der Waals surface area contributed by atoms with Gasteiger partial charge in [-0.15, -0.1) is 0 Å². The fraction of sp³-hybridized carbons (Fsp3) is 0.261. The SMILES string of the molecule is CCn1nc(C(=O)N/N=C(/C)c2cccc(N3CCCC3=O)c2)c2ccccc2c1=O. The smallest absolute Gasteiger partial charge is 0.292 e. The molecule has 0 saturated carbocycles. The summed E-state index contributed by atoms with van der Waals surface area (Å²) in [5.74, 6) is -0.382. The first kappa shape index (κ1) is 20.5. The van der Waals surface area contributed by atoms with Gasteiger partial charge in [0.1, 0.15) is 0 Å². The second-order valence-corrected chi connectivity index (χ2v) is 7.35. The van der Waals surface area contributed by atoms with E-state index in [1.54, 1.807) is 43.0 Å². The zero-order valence-electron chi connectivity index (χ0n) is 17.5. The van der Waals surface area contributed by atoms with Crippen LogP contribution in [0.25, 0.3) is 10.8 Å². The maximum atomic E-state index is 12.8. The number of benzene rings is 2. The molecule has 2 aromatic carbocycles. The topological polar surface area (TPSA) is 96.7 Å². The molecule has 2 heterocycles. The first-order valence-electron chi connectivity index (χ1n) is 10.2. The summed E-state index contributed by atoms with van der Waals surface area (Å²) in [6.45, 7) is 4.64. The summed E-state index contributed by atoms with van der Waals surface area (Å²) >= 11 is 0. The van der Waals surface area contributed by atoms with Gasteiger partial charge in [-0.2, -0.15) is 10.2 Å². The molecule has 3 aromatic rings. The average molecular weight is 417 g/mol. The summed E-state index contributed by atoms with van der Waals surface area (Å²) in [6, 6.07) is 14.4. The second-order valence-electron chi connectivity index (χ2n) is 7.35. The summed E-state index contributed by atoms with van der Waals surface area (Å²) in [5.41, 5.74) is 4.67. The standard InChI is InChI=1S/C23H23N5O3/c1-3-28-23(31)19-11-5-4-10-18(19)21(26-28)22(30)25-24-15(2)16-8-6-9-17(14-16)27-13-7-12-20(27)29/h4-6,8-11,14H,3,7,12-13H2,1-2H3,(H,25,30)/b24-15-. The normalized spacial score (nSPS) is 14.3. The van der Waals surface area contributed by atoms with Gasteiger partial charge in [0.15, 0.2) is 5.69 Å². The number of aromatic nitrogens is 2. The Kier molecular flexibility index (Phi) is 5.62. The minimum absolute atomic E-state index is 0.115. The molecule has 1 fully saturated rings. The maximum absolute atomic E-state index is 12.8. The monoisotopic (exact) mass is 417 g/mol. The highest BCUT2D eigenvalue weighted by Crippen LogP contribution is 2.22. The minimum Gasteiger partial charge on any atom is -0.312 e. The van der Waals surface area contributed by atoms with Gasteiger partial charge in [0, 0.05) is 30.6 Å². The lowest BCUT2D eigenvalue weighted by Crippen LogP contribution is -2.29. The molecule has 1 saturated heterocycles. The lowest BCUT2D eigenvalue weighted by molar-refractivity contribution is -0.117. The predicted octanol–water partition coefficient (Wildman–Crippen LogP) is 2.70. The summed E-state index contributed by atoms with van der Waals surface area (Å²) in [6.07, 6.45) is 1.42. The molecule has 0 atom stereocenters. The first-order valence-corrected chi connectivity index (χ1v) is 10.2. The summed E-state index contributed by atoms with van der Waals surface area (Å²) < 4.78 is 1.27. The highest BCUT2D eigenvalue weighted by Gasteiger charge is 2.22. The molecule has 0 unspecified atom stereocenters. The van der Waals surface area contributed by atoms with Crippen LogP contribution in [0.4, 0.5) is 5.69 Å². The number of carbonyl (C=O) groups is 2. The Morgan fingerprint density at radius 3 is 2.61 bits per heavy atom. The third kappa shape index (κ3) is 3.96. The van der Waals surface area contributed by atoms with Gasteiger partial charge in [-0.3, -0.25) is 14.4 Å². The number of hydrazone groups is 1. The summed E-state index contributed by atoms with van der Waals surface area (Å²) in [4.78, 5) is 39.1. The van der Waals surface area contributed by atoms with Crippen molar-refractivity contribution in [2.45, 2.75) is 33.2 Å². The van der Waals surface area contributed by atoms with Crippen LogP contribution in [-0.4, -0.2) is 33.9 Å². The van der Waals surface area contributed by atoms with Gasteiger partial charge in [-0.05, 0) is 44.0 Å². The number of nitrogens with zero attached hydrogens (tertiary/aromatic N) is 4. The number of rotatable bonds is 5. The van der Waals surface area contributed by atoms with Crippen molar-refractivity contribution in [2.75, 3.05) is 11.4 Å². The van der Waals surface area contributed by atoms with Crippen molar-refractivity contribution in [3.8, 4) is 0 Å². The fourth-order valence-electron chi connectivity index (χ4n) is 3.69. The molecule has 1 aromatic heterocycles. The molecule has 31 heavy (non-hydrogen) atoms. The molecule has 1 aliphatic heterocycles. The molecule has 2 amide bonds. The molecule has 0 radical (unpaired) electrons. The van der Waals surface area contributed by atoms with Crippen molar-refractivity contribution < 1.29 is 9.59 Å². The van der Waals surface area contributed by atoms with E-state index in [4.69, 9.17) is 0 Å². The fourth-order valence-corrected chi connectivity index (χ4v) is 3.69. The van der Waals surface area contributed by atoms with Crippen LogP contribution in [0, 0.1) is 0 Å². The van der Waals surface area contributed by atoms with Crippen molar-refractivity contribution in [1.82, 2.24) is 15.2 Å². The highest BCUT2D eigenvalue weighted by atomic mass is 16.2. The van der Waals surface area contributed by atoms with Gasteiger partial charge < -0.3 is 4.90 Å². The van der Waals surface area contributed by atoms with E-state index < -0.39 is 5.91 Å². The lowest BCUT2D eigenvalue weighted by Gasteiger charge is -2.16. The Labute approximate surface area is 179 Å². The molecule has 4 rings (SSSR count). The van der Waals surface area contributed by atoms with Crippen molar-refractivity contribution >= 4 is 34.0 Å². The van der Waals surface area contributed by atoms with Crippen LogP contribution >= 0.6 is 0 Å². The molecule has 0 aliphatic carbocycles. The number of nitrogens with one attached hydrogen (secondary N) is 1. The minimum atomic E-state index is -0.497. The van der Waals surface area contributed by atoms with Crippen molar-refractivity contribution in [1.29, 1.82) is 0 Å². The van der Waals surface area contributed by atoms with E-state index in [0.717, 1.165) is 17.7 Å². The zero-order valence-corrected chi connectivity index (χ0v) is 17.5. The first-order chi connectivity index (χ1) is 15.0. The number of hydrogen-bond acceptors (Lipinski definition) is 5. The molecule has 1 N–H and O–H groups in total. The Morgan fingerprint density at radius 2 is 1.90 bits per heavy atom. The number of aryl methyl sites for hydroxylation is 1. The number of amides is 2. The number of carbonyl (C=O) groups excluding carboxylic acids is 2. The van der Waals surface area contributed by atoms with Crippen LogP contribution in [0.15, 0.2) is 58.4 Å². The number of fused-ring (bicyclic) bond motifs is 1. The van der Waals surface area contributed by atoms with Gasteiger partial charge >= 0.3 is 0 Å². The van der Waals surface area contributed by atoms with E-state index >= 15 is 0 Å². The van der Waals surface area contributed by atoms with Gasteiger partial charge in [0.2, 0.25) is 5.91 Å². The van der Waals surface area contributed by atoms with Crippen molar-refractivity contribution in [3.05, 3.63) is 70.1 Å². The van der Waals surface area contributed by atoms with E-state index in [2.05, 4.69) is 15.6 Å². The Morgan fingerprint density at radius 1 is 1.13 bits per heavy atom. The molecular formula is C23H23N5O3. The quantitative estimate of drug-likeness (QED) is 0.510. The van der Waals surface area contributed by atoms with Crippen molar-refractivity contribution in [2.24, 2.45) is 5.10 Å². The Hall–Kier alpha value is -3.81. The van der Waals surface area contributed by atoms with Crippen LogP contribution in [-0.2, 0) is 11.3 Å². The molecule has 0 bridgehead atoms. The van der Waals surface area contributed by atoms with Gasteiger partial charge in [0.25, 0.3) is 11.5 Å². The lowest BCUT2D eigenvalue weighted by atomic mass is 10.1.